The fourth-order valence-electron chi connectivity index (χ4n) is 3.93. The molecule has 33 heavy (non-hydrogen) atoms. The molecule has 0 radical (unpaired) electrons. The van der Waals surface area contributed by atoms with Crippen LogP contribution in [0.1, 0.15) is 33.8 Å². The molecule has 1 aliphatic rings. The number of amides is 1. The number of fused-ring (bicyclic) bond motifs is 2. The number of benzene rings is 1. The van der Waals surface area contributed by atoms with Crippen LogP contribution in [0.5, 0.6) is 5.19 Å². The smallest absolute Gasteiger partial charge is 0.422 e. The van der Waals surface area contributed by atoms with E-state index < -0.39 is 12.8 Å². The van der Waals surface area contributed by atoms with E-state index in [2.05, 4.69) is 20.3 Å². The summed E-state index contributed by atoms with van der Waals surface area (Å²) < 4.78 is 43.5. The lowest BCUT2D eigenvalue weighted by Gasteiger charge is -2.19. The van der Waals surface area contributed by atoms with Gasteiger partial charge in [-0.3, -0.25) is 9.48 Å². The molecule has 0 saturated heterocycles. The van der Waals surface area contributed by atoms with Crippen molar-refractivity contribution in [2.24, 2.45) is 7.05 Å². The summed E-state index contributed by atoms with van der Waals surface area (Å²) in [5.74, 6) is -0.0950. The number of halogens is 3. The number of ether oxygens (including phenoxy) is 1. The summed E-state index contributed by atoms with van der Waals surface area (Å²) in [6.45, 7) is 1.84. The van der Waals surface area contributed by atoms with Gasteiger partial charge in [-0.25, -0.2) is 4.98 Å². The predicted octanol–water partition coefficient (Wildman–Crippen LogP) is 3.58. The van der Waals surface area contributed by atoms with Crippen LogP contribution in [-0.2, 0) is 19.9 Å². The van der Waals surface area contributed by atoms with Crippen LogP contribution >= 0.6 is 11.3 Å². The van der Waals surface area contributed by atoms with E-state index in [9.17, 15) is 18.0 Å². The van der Waals surface area contributed by atoms with Crippen molar-refractivity contribution in [3.8, 4) is 5.19 Å². The number of carbonyl (C=O) groups excluding carboxylic acids is 1. The van der Waals surface area contributed by atoms with E-state index in [0.29, 0.717) is 18.5 Å². The van der Waals surface area contributed by atoms with E-state index in [1.807, 2.05) is 31.4 Å². The van der Waals surface area contributed by atoms with Crippen molar-refractivity contribution < 1.29 is 22.7 Å². The zero-order valence-electron chi connectivity index (χ0n) is 18.3. The third-order valence-electron chi connectivity index (χ3n) is 5.53. The van der Waals surface area contributed by atoms with Crippen molar-refractivity contribution in [3.05, 3.63) is 40.5 Å². The third kappa shape index (κ3) is 6.23. The SMILES string of the molecule is Cn1cc2c(C(=O)NCCCCN3CCc4nc(OCC(F)(F)F)sc4CC3)cccc2n1. The van der Waals surface area contributed by atoms with E-state index in [1.54, 1.807) is 4.68 Å². The Morgan fingerprint density at radius 3 is 2.88 bits per heavy atom. The van der Waals surface area contributed by atoms with E-state index in [4.69, 9.17) is 4.74 Å². The molecule has 1 amide bonds. The summed E-state index contributed by atoms with van der Waals surface area (Å²) in [6.07, 6.45) is 0.758. The first kappa shape index (κ1) is 23.5. The lowest BCUT2D eigenvalue weighted by Crippen LogP contribution is -2.29. The van der Waals surface area contributed by atoms with Gasteiger partial charge in [0, 0.05) is 49.6 Å². The first-order chi connectivity index (χ1) is 15.8. The number of aryl methyl sites for hydroxylation is 1. The predicted molar refractivity (Wildman–Crippen MR) is 120 cm³/mol. The van der Waals surface area contributed by atoms with Crippen molar-refractivity contribution in [1.82, 2.24) is 25.0 Å². The Kier molecular flexibility index (Phi) is 7.18. The normalized spacial score (nSPS) is 14.8. The molecule has 7 nitrogen and oxygen atoms in total. The van der Waals surface area contributed by atoms with Gasteiger partial charge in [0.15, 0.2) is 6.61 Å². The fourth-order valence-corrected chi connectivity index (χ4v) is 4.88. The summed E-state index contributed by atoms with van der Waals surface area (Å²) in [5.41, 5.74) is 2.27. The molecule has 0 fully saturated rings. The van der Waals surface area contributed by atoms with Crippen molar-refractivity contribution in [2.75, 3.05) is 32.8 Å². The highest BCUT2D eigenvalue weighted by molar-refractivity contribution is 7.13. The minimum absolute atomic E-state index is 0.0950. The zero-order valence-corrected chi connectivity index (χ0v) is 19.1. The van der Waals surface area contributed by atoms with Gasteiger partial charge in [-0.15, -0.1) is 0 Å². The van der Waals surface area contributed by atoms with Gasteiger partial charge in [0.1, 0.15) is 0 Å². The van der Waals surface area contributed by atoms with Crippen LogP contribution in [0.3, 0.4) is 0 Å². The highest BCUT2D eigenvalue weighted by atomic mass is 32.1. The van der Waals surface area contributed by atoms with Crippen molar-refractivity contribution >= 4 is 28.1 Å². The lowest BCUT2D eigenvalue weighted by atomic mass is 10.1. The number of nitrogens with one attached hydrogen (secondary N) is 1. The molecule has 2 aromatic heterocycles. The number of rotatable bonds is 8. The van der Waals surface area contributed by atoms with Gasteiger partial charge in [-0.05, 0) is 37.9 Å². The molecule has 1 aliphatic heterocycles. The molecule has 178 valence electrons. The maximum atomic E-state index is 12.6. The average Bonchev–Trinajstić information content (AvgIpc) is 3.29. The largest absolute Gasteiger partial charge is 0.460 e. The molecule has 0 spiro atoms. The average molecular weight is 482 g/mol. The third-order valence-corrected chi connectivity index (χ3v) is 6.60. The molecule has 1 aromatic carbocycles. The Bertz CT molecular complexity index is 1090. The summed E-state index contributed by atoms with van der Waals surface area (Å²) >= 11 is 1.21. The molecule has 1 N–H and O–H groups in total. The molecule has 0 bridgehead atoms. The quantitative estimate of drug-likeness (QED) is 0.498. The van der Waals surface area contributed by atoms with Gasteiger partial charge >= 0.3 is 6.18 Å². The highest BCUT2D eigenvalue weighted by Gasteiger charge is 2.29. The van der Waals surface area contributed by atoms with E-state index in [-0.39, 0.29) is 11.1 Å². The second-order valence-corrected chi connectivity index (χ2v) is 9.15. The molecule has 0 saturated carbocycles. The number of hydrogen-bond acceptors (Lipinski definition) is 6. The van der Waals surface area contributed by atoms with Crippen LogP contribution in [0.2, 0.25) is 0 Å². The molecular formula is C22H26F3N5O2S. The Morgan fingerprint density at radius 1 is 1.24 bits per heavy atom. The number of alkyl halides is 3. The van der Waals surface area contributed by atoms with Gasteiger partial charge < -0.3 is 15.0 Å². The number of hydrogen-bond donors (Lipinski definition) is 1. The lowest BCUT2D eigenvalue weighted by molar-refractivity contribution is -0.153. The van der Waals surface area contributed by atoms with Gasteiger partial charge in [-0.1, -0.05) is 17.4 Å². The molecule has 4 rings (SSSR count). The van der Waals surface area contributed by atoms with E-state index in [1.165, 1.54) is 11.3 Å². The molecule has 0 aliphatic carbocycles. The standard InChI is InChI=1S/C22H26F3N5O2S/c1-29-13-16-15(5-4-6-17(16)28-29)20(31)26-9-2-3-10-30-11-7-18-19(8-12-30)33-21(27-18)32-14-22(23,24)25/h4-6,13H,2-3,7-12,14H2,1H3,(H,26,31). The molecule has 3 aromatic rings. The van der Waals surface area contributed by atoms with E-state index >= 15 is 0 Å². The molecule has 11 heteroatoms. The first-order valence-corrected chi connectivity index (χ1v) is 11.7. The van der Waals surface area contributed by atoms with Crippen molar-refractivity contribution in [2.45, 2.75) is 31.9 Å². The summed E-state index contributed by atoms with van der Waals surface area (Å²) in [4.78, 5) is 20.2. The van der Waals surface area contributed by atoms with Crippen LogP contribution < -0.4 is 10.1 Å². The second kappa shape index (κ2) is 10.1. The van der Waals surface area contributed by atoms with Gasteiger partial charge in [0.05, 0.1) is 16.8 Å². The first-order valence-electron chi connectivity index (χ1n) is 10.9. The zero-order chi connectivity index (χ0) is 23.4. The highest BCUT2D eigenvalue weighted by Crippen LogP contribution is 2.29. The maximum Gasteiger partial charge on any atom is 0.422 e. The number of aromatic nitrogens is 3. The van der Waals surface area contributed by atoms with Gasteiger partial charge in [-0.2, -0.15) is 18.3 Å². The second-order valence-electron chi connectivity index (χ2n) is 8.10. The number of nitrogens with zero attached hydrogens (tertiary/aromatic N) is 4. The van der Waals surface area contributed by atoms with Crippen LogP contribution in [-0.4, -0.2) is 64.5 Å². The van der Waals surface area contributed by atoms with Gasteiger partial charge in [0.2, 0.25) is 0 Å². The monoisotopic (exact) mass is 481 g/mol. The minimum atomic E-state index is -4.36. The van der Waals surface area contributed by atoms with Crippen LogP contribution in [0.25, 0.3) is 10.9 Å². The fraction of sp³-hybridized carbons (Fsp3) is 0.500. The molecule has 0 atom stereocenters. The Labute approximate surface area is 193 Å². The van der Waals surface area contributed by atoms with Crippen molar-refractivity contribution in [1.29, 1.82) is 0 Å². The summed E-state index contributed by atoms with van der Waals surface area (Å²) in [6, 6.07) is 5.53. The number of thiazole rings is 1. The Balaban J connectivity index is 1.17. The van der Waals surface area contributed by atoms with Gasteiger partial charge in [0.25, 0.3) is 11.1 Å². The van der Waals surface area contributed by atoms with Crippen molar-refractivity contribution in [3.63, 3.8) is 0 Å². The number of unbranched alkanes of at least 4 members (excludes halogenated alkanes) is 1. The maximum absolute atomic E-state index is 12.6. The molecular weight excluding hydrogens is 455 g/mol. The Hall–Kier alpha value is -2.66. The van der Waals surface area contributed by atoms with Crippen LogP contribution in [0, 0.1) is 0 Å². The van der Waals surface area contributed by atoms with Crippen LogP contribution in [0.4, 0.5) is 13.2 Å². The number of carbonyl (C=O) groups is 1. The summed E-state index contributed by atoms with van der Waals surface area (Å²) in [5, 5.41) is 8.27. The minimum Gasteiger partial charge on any atom is -0.460 e. The molecule has 0 unspecified atom stereocenters. The Morgan fingerprint density at radius 2 is 2.06 bits per heavy atom. The summed E-state index contributed by atoms with van der Waals surface area (Å²) in [7, 11) is 1.83. The van der Waals surface area contributed by atoms with Crippen LogP contribution in [0.15, 0.2) is 24.4 Å². The van der Waals surface area contributed by atoms with E-state index in [0.717, 1.165) is 60.4 Å². The topological polar surface area (TPSA) is 72.3 Å². The molecule has 3 heterocycles.